The van der Waals surface area contributed by atoms with Gasteiger partial charge in [-0.1, -0.05) is 6.07 Å². The minimum absolute atomic E-state index is 0.0655. The molecule has 3 aliphatic heterocycles. The fourth-order valence-electron chi connectivity index (χ4n) is 4.43. The lowest BCUT2D eigenvalue weighted by atomic mass is 10.1. The maximum Gasteiger partial charge on any atom is 0.283 e. The van der Waals surface area contributed by atoms with Crippen molar-refractivity contribution in [2.75, 3.05) is 20.2 Å². The molecule has 9 heteroatoms. The zero-order chi connectivity index (χ0) is 23.1. The molecule has 0 radical (unpaired) electrons. The van der Waals surface area contributed by atoms with Crippen molar-refractivity contribution in [2.45, 2.75) is 33.1 Å². The fourth-order valence-corrected chi connectivity index (χ4v) is 5.38. The number of methoxy groups -OCH3 is 1. The van der Waals surface area contributed by atoms with Gasteiger partial charge in [-0.05, 0) is 74.7 Å². The molecule has 1 N–H and O–H groups in total. The molecule has 1 amide bonds. The van der Waals surface area contributed by atoms with Crippen molar-refractivity contribution in [3.63, 3.8) is 0 Å². The molecule has 0 atom stereocenters. The molecule has 33 heavy (non-hydrogen) atoms. The molecule has 0 bridgehead atoms. The van der Waals surface area contributed by atoms with Crippen molar-refractivity contribution in [2.24, 2.45) is 10.1 Å². The molecule has 0 aliphatic carbocycles. The number of carbonyl (C=O) groups is 1. The molecule has 0 saturated carbocycles. The molecule has 3 aliphatic rings. The van der Waals surface area contributed by atoms with E-state index in [2.05, 4.69) is 19.6 Å². The predicted octanol–water partition coefficient (Wildman–Crippen LogP) is 4.17. The molecule has 1 aromatic carbocycles. The summed E-state index contributed by atoms with van der Waals surface area (Å²) in [6, 6.07) is 9.86. The number of aromatic nitrogens is 1. The van der Waals surface area contributed by atoms with Gasteiger partial charge in [0.05, 0.1) is 12.7 Å². The number of amidine groups is 3. The highest BCUT2D eigenvalue weighted by Gasteiger charge is 2.37. The van der Waals surface area contributed by atoms with E-state index in [1.807, 2.05) is 44.2 Å². The summed E-state index contributed by atoms with van der Waals surface area (Å²) in [4.78, 5) is 19.3. The monoisotopic (exact) mass is 462 g/mol. The van der Waals surface area contributed by atoms with Gasteiger partial charge in [-0.3, -0.25) is 10.2 Å². The second-order valence-corrected chi connectivity index (χ2v) is 9.25. The number of hydrazone groups is 1. The molecule has 1 saturated heterocycles. The summed E-state index contributed by atoms with van der Waals surface area (Å²) in [6.07, 6.45) is 5.25. The topological polar surface area (TPSA) is 86.3 Å². The maximum atomic E-state index is 12.9. The Kier molecular flexibility index (Phi) is 5.57. The molecule has 5 rings (SSSR count). The summed E-state index contributed by atoms with van der Waals surface area (Å²) in [5, 5.41) is 16.1. The van der Waals surface area contributed by atoms with Crippen LogP contribution in [0.4, 0.5) is 0 Å². The van der Waals surface area contributed by atoms with Crippen molar-refractivity contribution >= 4 is 39.9 Å². The molecule has 1 fully saturated rings. The first-order chi connectivity index (χ1) is 16.0. The van der Waals surface area contributed by atoms with Crippen LogP contribution in [0.5, 0.6) is 5.75 Å². The number of nitrogens with zero attached hydrogens (tertiary/aromatic N) is 5. The third-order valence-electron chi connectivity index (χ3n) is 6.15. The second-order valence-electron chi connectivity index (χ2n) is 8.31. The highest BCUT2D eigenvalue weighted by Crippen LogP contribution is 2.32. The number of nitrogens with one attached hydrogen (secondary N) is 1. The van der Waals surface area contributed by atoms with Crippen LogP contribution in [0.15, 0.2) is 46.0 Å². The number of rotatable bonds is 3. The smallest absolute Gasteiger partial charge is 0.283 e. The van der Waals surface area contributed by atoms with Crippen molar-refractivity contribution in [3.8, 4) is 11.4 Å². The van der Waals surface area contributed by atoms with Gasteiger partial charge < -0.3 is 14.2 Å². The van der Waals surface area contributed by atoms with Crippen molar-refractivity contribution in [3.05, 3.63) is 52.9 Å². The predicted molar refractivity (Wildman–Crippen MR) is 132 cm³/mol. The van der Waals surface area contributed by atoms with E-state index in [1.165, 1.54) is 23.2 Å². The number of carbonyl (C=O) groups excluding carboxylic acids is 1. The summed E-state index contributed by atoms with van der Waals surface area (Å²) >= 11 is 1.37. The number of fused-ring (bicyclic) bond motifs is 1. The number of likely N-dealkylation sites (tertiary alicyclic amines) is 1. The number of aryl methyl sites for hydroxylation is 1. The summed E-state index contributed by atoms with van der Waals surface area (Å²) in [6.45, 7) is 5.92. The second kappa shape index (κ2) is 8.55. The highest BCUT2D eigenvalue weighted by molar-refractivity contribution is 8.26. The normalized spacial score (nSPS) is 19.7. The number of ether oxygens (including phenoxy) is 1. The van der Waals surface area contributed by atoms with Crippen LogP contribution < -0.4 is 4.74 Å². The minimum atomic E-state index is -0.403. The summed E-state index contributed by atoms with van der Waals surface area (Å²) in [5.41, 5.74) is 4.08. The van der Waals surface area contributed by atoms with Gasteiger partial charge in [0.2, 0.25) is 5.17 Å². The number of benzene rings is 1. The van der Waals surface area contributed by atoms with Crippen molar-refractivity contribution in [1.29, 1.82) is 5.41 Å². The molecule has 170 valence electrons. The lowest BCUT2D eigenvalue weighted by Gasteiger charge is -2.26. The van der Waals surface area contributed by atoms with Gasteiger partial charge in [-0.25, -0.2) is 0 Å². The molecule has 1 aromatic heterocycles. The Morgan fingerprint density at radius 3 is 2.67 bits per heavy atom. The van der Waals surface area contributed by atoms with Crippen LogP contribution in [0.2, 0.25) is 0 Å². The van der Waals surface area contributed by atoms with E-state index < -0.39 is 5.91 Å². The van der Waals surface area contributed by atoms with E-state index in [4.69, 9.17) is 10.1 Å². The molecule has 2 aromatic rings. The van der Waals surface area contributed by atoms with Crippen LogP contribution in [0.1, 0.15) is 36.2 Å². The highest BCUT2D eigenvalue weighted by atomic mass is 32.2. The summed E-state index contributed by atoms with van der Waals surface area (Å²) in [5.74, 6) is 0.440. The molecular formula is C24H26N6O2S. The third-order valence-corrected chi connectivity index (χ3v) is 7.12. The van der Waals surface area contributed by atoms with E-state index in [9.17, 15) is 4.79 Å². The largest absolute Gasteiger partial charge is 0.497 e. The van der Waals surface area contributed by atoms with Gasteiger partial charge in [-0.15, -0.1) is 5.10 Å². The van der Waals surface area contributed by atoms with E-state index >= 15 is 0 Å². The summed E-state index contributed by atoms with van der Waals surface area (Å²) in [7, 11) is 1.65. The number of hydrogen-bond donors (Lipinski definition) is 1. The SMILES string of the molecule is COc1cccc(-n2c(C)cc(/C=C3\C(=N)N4N=C(N5CCCCC5)SC4=NC3=O)c2C)c1. The first kappa shape index (κ1) is 21.5. The average Bonchev–Trinajstić information content (AvgIpc) is 3.37. The molecule has 0 spiro atoms. The zero-order valence-electron chi connectivity index (χ0n) is 19.0. The van der Waals surface area contributed by atoms with E-state index in [0.717, 1.165) is 59.5 Å². The quantitative estimate of drug-likeness (QED) is 0.692. The van der Waals surface area contributed by atoms with E-state index in [-0.39, 0.29) is 11.4 Å². The number of thioether (sulfide) groups is 1. The number of hydrogen-bond acceptors (Lipinski definition) is 6. The van der Waals surface area contributed by atoms with Crippen LogP contribution in [-0.2, 0) is 4.79 Å². The standard InChI is InChI=1S/C24H26N6O2S/c1-15-12-17(16(2)29(15)18-8-7-9-19(14-18)32-3)13-20-21(25)30-23(26-22(20)31)33-24(27-30)28-10-5-4-6-11-28/h7-9,12-14,25H,4-6,10-11H2,1-3H3/b20-13+,25-21?. The first-order valence-corrected chi connectivity index (χ1v) is 11.9. The van der Waals surface area contributed by atoms with Crippen molar-refractivity contribution < 1.29 is 9.53 Å². The van der Waals surface area contributed by atoms with Gasteiger partial charge in [0.15, 0.2) is 11.0 Å². The average molecular weight is 463 g/mol. The van der Waals surface area contributed by atoms with Gasteiger partial charge in [0, 0.05) is 36.2 Å². The van der Waals surface area contributed by atoms with E-state index in [1.54, 1.807) is 13.2 Å². The van der Waals surface area contributed by atoms with Crippen LogP contribution >= 0.6 is 11.8 Å². The Bertz CT molecular complexity index is 1240. The number of piperidine rings is 1. The van der Waals surface area contributed by atoms with Crippen LogP contribution in [0.3, 0.4) is 0 Å². The lowest BCUT2D eigenvalue weighted by Crippen LogP contribution is -2.35. The Balaban J connectivity index is 1.47. The number of amides is 1. The zero-order valence-corrected chi connectivity index (χ0v) is 19.8. The van der Waals surface area contributed by atoms with Gasteiger partial charge in [0.1, 0.15) is 5.75 Å². The van der Waals surface area contributed by atoms with Crippen molar-refractivity contribution in [1.82, 2.24) is 14.5 Å². The third kappa shape index (κ3) is 3.86. The van der Waals surface area contributed by atoms with Gasteiger partial charge in [0.25, 0.3) is 5.91 Å². The van der Waals surface area contributed by atoms with Gasteiger partial charge in [-0.2, -0.15) is 10.0 Å². The molecule has 8 nitrogen and oxygen atoms in total. The molecule has 4 heterocycles. The Morgan fingerprint density at radius 2 is 1.91 bits per heavy atom. The Hall–Kier alpha value is -3.33. The molecular weight excluding hydrogens is 436 g/mol. The van der Waals surface area contributed by atoms with E-state index in [0.29, 0.717) is 5.17 Å². The Morgan fingerprint density at radius 1 is 1.12 bits per heavy atom. The maximum absolute atomic E-state index is 12.9. The minimum Gasteiger partial charge on any atom is -0.497 e. The van der Waals surface area contributed by atoms with Crippen LogP contribution in [0, 0.1) is 19.3 Å². The molecule has 0 unspecified atom stereocenters. The van der Waals surface area contributed by atoms with Gasteiger partial charge >= 0.3 is 0 Å². The van der Waals surface area contributed by atoms with Crippen LogP contribution in [0.25, 0.3) is 11.8 Å². The fraction of sp³-hybridized carbons (Fsp3) is 0.333. The first-order valence-electron chi connectivity index (χ1n) is 11.0. The Labute approximate surface area is 197 Å². The number of aliphatic imine (C=N–C) groups is 1. The van der Waals surface area contributed by atoms with Crippen LogP contribution in [-0.4, -0.2) is 56.8 Å². The summed E-state index contributed by atoms with van der Waals surface area (Å²) < 4.78 is 7.48. The lowest BCUT2D eigenvalue weighted by molar-refractivity contribution is -0.114.